The molecule has 2 rings (SSSR count). The number of nitriles is 1. The first-order chi connectivity index (χ1) is 9.60. The lowest BCUT2D eigenvalue weighted by molar-refractivity contribution is -0.149. The zero-order valence-corrected chi connectivity index (χ0v) is 12.5. The first kappa shape index (κ1) is 15.3. The maximum absolute atomic E-state index is 12.6. The van der Waals surface area contributed by atoms with Gasteiger partial charge in [0.2, 0.25) is 5.91 Å². The predicted octanol–water partition coefficient (Wildman–Crippen LogP) is 1.25. The Hall–Kier alpha value is -1.12. The van der Waals surface area contributed by atoms with Crippen molar-refractivity contribution in [3.05, 3.63) is 0 Å². The summed E-state index contributed by atoms with van der Waals surface area (Å²) in [7, 11) is 0. The number of hydrogen-bond donors (Lipinski definition) is 0. The fraction of sp³-hybridized carbons (Fsp3) is 0.867. The summed E-state index contributed by atoms with van der Waals surface area (Å²) in [5, 5.41) is 8.67. The monoisotopic (exact) mass is 279 g/mol. The summed E-state index contributed by atoms with van der Waals surface area (Å²) in [5.41, 5.74) is 0. The Morgan fingerprint density at radius 2 is 2.00 bits per heavy atom. The standard InChI is InChI=1S/C15H25N3O2/c1-12-9-18(10-13(2)20-12)15(19)14-5-3-7-17(11-14)8-4-6-16/h12-14H,3-5,7-11H2,1-2H3. The zero-order valence-electron chi connectivity index (χ0n) is 12.5. The van der Waals surface area contributed by atoms with E-state index in [1.165, 1.54) is 0 Å². The molecule has 2 heterocycles. The highest BCUT2D eigenvalue weighted by molar-refractivity contribution is 5.79. The lowest BCUT2D eigenvalue weighted by Crippen LogP contribution is -2.52. The second-order valence-electron chi connectivity index (χ2n) is 6.05. The summed E-state index contributed by atoms with van der Waals surface area (Å²) in [5.74, 6) is 0.369. The smallest absolute Gasteiger partial charge is 0.227 e. The van der Waals surface area contributed by atoms with Gasteiger partial charge in [-0.15, -0.1) is 0 Å². The molecule has 0 spiro atoms. The van der Waals surface area contributed by atoms with E-state index >= 15 is 0 Å². The van der Waals surface area contributed by atoms with Crippen molar-refractivity contribution in [3.63, 3.8) is 0 Å². The van der Waals surface area contributed by atoms with E-state index in [1.807, 2.05) is 18.7 Å². The number of carbonyl (C=O) groups is 1. The van der Waals surface area contributed by atoms with E-state index in [2.05, 4.69) is 11.0 Å². The average Bonchev–Trinajstić information content (AvgIpc) is 2.43. The third-order valence-corrected chi connectivity index (χ3v) is 4.13. The van der Waals surface area contributed by atoms with Gasteiger partial charge in [-0.3, -0.25) is 4.79 Å². The molecule has 2 aliphatic heterocycles. The molecule has 0 aliphatic carbocycles. The van der Waals surface area contributed by atoms with Gasteiger partial charge in [-0.05, 0) is 33.2 Å². The Kier molecular flexibility index (Phi) is 5.38. The molecule has 1 amide bonds. The van der Waals surface area contributed by atoms with E-state index < -0.39 is 0 Å². The van der Waals surface area contributed by atoms with Crippen LogP contribution in [0, 0.1) is 17.2 Å². The Labute approximate surface area is 121 Å². The molecule has 0 bridgehead atoms. The Balaban J connectivity index is 1.89. The highest BCUT2D eigenvalue weighted by Crippen LogP contribution is 2.21. The highest BCUT2D eigenvalue weighted by Gasteiger charge is 2.32. The number of amides is 1. The molecule has 0 aromatic rings. The van der Waals surface area contributed by atoms with E-state index in [0.717, 1.165) is 32.5 Å². The van der Waals surface area contributed by atoms with Crippen molar-refractivity contribution in [2.75, 3.05) is 32.7 Å². The van der Waals surface area contributed by atoms with Crippen LogP contribution in [-0.4, -0.2) is 60.6 Å². The Bertz CT molecular complexity index is 370. The number of likely N-dealkylation sites (tertiary alicyclic amines) is 1. The molecule has 3 atom stereocenters. The van der Waals surface area contributed by atoms with E-state index in [0.29, 0.717) is 19.5 Å². The number of nitrogens with zero attached hydrogens (tertiary/aromatic N) is 3. The molecular formula is C15H25N3O2. The molecule has 5 nitrogen and oxygen atoms in total. The molecule has 2 aliphatic rings. The van der Waals surface area contributed by atoms with Crippen molar-refractivity contribution in [2.24, 2.45) is 5.92 Å². The molecule has 0 aromatic heterocycles. The normalized spacial score (nSPS) is 31.9. The van der Waals surface area contributed by atoms with Gasteiger partial charge in [0, 0.05) is 32.6 Å². The van der Waals surface area contributed by atoms with Gasteiger partial charge < -0.3 is 14.5 Å². The van der Waals surface area contributed by atoms with Gasteiger partial charge in [0.15, 0.2) is 0 Å². The minimum atomic E-state index is 0.0972. The maximum Gasteiger partial charge on any atom is 0.227 e. The van der Waals surface area contributed by atoms with Crippen molar-refractivity contribution in [1.29, 1.82) is 5.26 Å². The van der Waals surface area contributed by atoms with Gasteiger partial charge in [0.05, 0.1) is 24.2 Å². The van der Waals surface area contributed by atoms with Crippen molar-refractivity contribution >= 4 is 5.91 Å². The van der Waals surface area contributed by atoms with Gasteiger partial charge >= 0.3 is 0 Å². The summed E-state index contributed by atoms with van der Waals surface area (Å²) < 4.78 is 5.69. The quantitative estimate of drug-likeness (QED) is 0.780. The number of rotatable bonds is 3. The molecule has 0 saturated carbocycles. The van der Waals surface area contributed by atoms with E-state index in [4.69, 9.17) is 10.00 Å². The van der Waals surface area contributed by atoms with Crippen LogP contribution in [0.1, 0.15) is 33.1 Å². The van der Waals surface area contributed by atoms with Crippen LogP contribution in [0.4, 0.5) is 0 Å². The fourth-order valence-electron chi connectivity index (χ4n) is 3.28. The van der Waals surface area contributed by atoms with Crippen LogP contribution in [-0.2, 0) is 9.53 Å². The Morgan fingerprint density at radius 1 is 1.30 bits per heavy atom. The maximum atomic E-state index is 12.6. The number of morpholine rings is 1. The molecule has 0 N–H and O–H groups in total. The first-order valence-electron chi connectivity index (χ1n) is 7.63. The molecule has 0 radical (unpaired) electrons. The van der Waals surface area contributed by atoms with Crippen LogP contribution < -0.4 is 0 Å². The van der Waals surface area contributed by atoms with Crippen LogP contribution in [0.25, 0.3) is 0 Å². The van der Waals surface area contributed by atoms with Crippen LogP contribution in [0.3, 0.4) is 0 Å². The number of hydrogen-bond acceptors (Lipinski definition) is 4. The van der Waals surface area contributed by atoms with Gasteiger partial charge in [0.25, 0.3) is 0 Å². The predicted molar refractivity (Wildman–Crippen MR) is 76.0 cm³/mol. The number of carbonyl (C=O) groups excluding carboxylic acids is 1. The molecular weight excluding hydrogens is 254 g/mol. The third-order valence-electron chi connectivity index (χ3n) is 4.13. The molecule has 20 heavy (non-hydrogen) atoms. The minimum absolute atomic E-state index is 0.0972. The van der Waals surface area contributed by atoms with Crippen LogP contribution in [0.15, 0.2) is 0 Å². The van der Waals surface area contributed by atoms with Crippen molar-refractivity contribution < 1.29 is 9.53 Å². The van der Waals surface area contributed by atoms with Crippen LogP contribution >= 0.6 is 0 Å². The minimum Gasteiger partial charge on any atom is -0.372 e. The summed E-state index contributed by atoms with van der Waals surface area (Å²) in [6.45, 7) is 8.07. The van der Waals surface area contributed by atoms with E-state index in [1.54, 1.807) is 0 Å². The molecule has 0 aromatic carbocycles. The molecule has 5 heteroatoms. The topological polar surface area (TPSA) is 56.6 Å². The molecule has 2 fully saturated rings. The highest BCUT2D eigenvalue weighted by atomic mass is 16.5. The molecule has 2 saturated heterocycles. The van der Waals surface area contributed by atoms with Crippen molar-refractivity contribution in [1.82, 2.24) is 9.80 Å². The van der Waals surface area contributed by atoms with E-state index in [9.17, 15) is 4.79 Å². The molecule has 3 unspecified atom stereocenters. The van der Waals surface area contributed by atoms with Crippen molar-refractivity contribution in [2.45, 2.75) is 45.3 Å². The summed E-state index contributed by atoms with van der Waals surface area (Å²) >= 11 is 0. The van der Waals surface area contributed by atoms with Gasteiger partial charge in [-0.25, -0.2) is 0 Å². The summed E-state index contributed by atoms with van der Waals surface area (Å²) in [4.78, 5) is 16.9. The van der Waals surface area contributed by atoms with E-state index in [-0.39, 0.29) is 24.0 Å². The largest absolute Gasteiger partial charge is 0.372 e. The first-order valence-corrected chi connectivity index (χ1v) is 7.63. The lowest BCUT2D eigenvalue weighted by atomic mass is 9.95. The average molecular weight is 279 g/mol. The zero-order chi connectivity index (χ0) is 14.5. The van der Waals surface area contributed by atoms with Crippen LogP contribution in [0.5, 0.6) is 0 Å². The van der Waals surface area contributed by atoms with Gasteiger partial charge in [0.1, 0.15) is 0 Å². The van der Waals surface area contributed by atoms with Crippen LogP contribution in [0.2, 0.25) is 0 Å². The SMILES string of the molecule is CC1CN(C(=O)C2CCCN(CCC#N)C2)CC(C)O1. The number of piperidine rings is 1. The number of ether oxygens (including phenoxy) is 1. The fourth-order valence-corrected chi connectivity index (χ4v) is 3.28. The van der Waals surface area contributed by atoms with Crippen molar-refractivity contribution in [3.8, 4) is 6.07 Å². The lowest BCUT2D eigenvalue weighted by Gasteiger charge is -2.39. The Morgan fingerprint density at radius 3 is 2.65 bits per heavy atom. The van der Waals surface area contributed by atoms with Gasteiger partial charge in [-0.2, -0.15) is 5.26 Å². The second-order valence-corrected chi connectivity index (χ2v) is 6.05. The summed E-state index contributed by atoms with van der Waals surface area (Å²) in [6.07, 6.45) is 2.83. The third kappa shape index (κ3) is 3.94. The summed E-state index contributed by atoms with van der Waals surface area (Å²) in [6, 6.07) is 2.18. The molecule has 112 valence electrons. The second kappa shape index (κ2) is 7.05. The van der Waals surface area contributed by atoms with Gasteiger partial charge in [-0.1, -0.05) is 0 Å².